The number of aromatic nitrogens is 1. The van der Waals surface area contributed by atoms with E-state index in [2.05, 4.69) is 15.5 Å². The summed E-state index contributed by atoms with van der Waals surface area (Å²) < 4.78 is 50.5. The lowest BCUT2D eigenvalue weighted by atomic mass is 10.0. The minimum absolute atomic E-state index is 0.0778. The number of pyridine rings is 1. The third-order valence-electron chi connectivity index (χ3n) is 3.06. The number of hydrogen-bond acceptors (Lipinski definition) is 4. The van der Waals surface area contributed by atoms with Gasteiger partial charge in [0.15, 0.2) is 0 Å². The Kier molecular flexibility index (Phi) is 5.58. The second-order valence-corrected chi connectivity index (χ2v) is 4.84. The Bertz CT molecular complexity index is 787. The number of benzene rings is 1. The Morgan fingerprint density at radius 1 is 1.00 bits per heavy atom. The van der Waals surface area contributed by atoms with E-state index in [1.54, 1.807) is 0 Å². The summed E-state index contributed by atoms with van der Waals surface area (Å²) in [6, 6.07) is 7.10. The number of carbonyl (C=O) groups excluding carboxylic acids is 2. The first-order valence-corrected chi connectivity index (χ1v) is 6.90. The molecule has 1 heterocycles. The lowest BCUT2D eigenvalue weighted by molar-refractivity contribution is -0.169. The van der Waals surface area contributed by atoms with Gasteiger partial charge in [-0.3, -0.25) is 14.6 Å². The number of Topliss-reactive ketones (excluding diaryl/α,β-unsaturated/α-hetero) is 1. The van der Waals surface area contributed by atoms with Gasteiger partial charge in [-0.1, -0.05) is 12.1 Å². The molecule has 0 fully saturated rings. The van der Waals surface area contributed by atoms with Crippen LogP contribution in [-0.2, 0) is 4.79 Å². The highest BCUT2D eigenvalue weighted by Gasteiger charge is 2.38. The Labute approximate surface area is 139 Å². The first kappa shape index (κ1) is 18.2. The zero-order valence-corrected chi connectivity index (χ0v) is 12.5. The minimum atomic E-state index is -5.05. The predicted molar refractivity (Wildman–Crippen MR) is 80.3 cm³/mol. The SMILES string of the molecule is O=C(NN=C(CC(=O)C(F)(F)F)c1ccc(F)cc1)c1ccncc1. The third kappa shape index (κ3) is 5.20. The summed E-state index contributed by atoms with van der Waals surface area (Å²) >= 11 is 0. The van der Waals surface area contributed by atoms with Gasteiger partial charge < -0.3 is 0 Å². The molecule has 2 rings (SSSR count). The number of hydrogen-bond donors (Lipinski definition) is 1. The number of rotatable bonds is 5. The first-order valence-electron chi connectivity index (χ1n) is 6.90. The van der Waals surface area contributed by atoms with Crippen LogP contribution in [0.3, 0.4) is 0 Å². The Morgan fingerprint density at radius 3 is 2.16 bits per heavy atom. The van der Waals surface area contributed by atoms with E-state index in [4.69, 9.17) is 0 Å². The average Bonchev–Trinajstić information content (AvgIpc) is 2.59. The van der Waals surface area contributed by atoms with Crippen LogP contribution in [0.4, 0.5) is 17.6 Å². The number of amides is 1. The largest absolute Gasteiger partial charge is 0.450 e. The standard InChI is InChI=1S/C16H11F4N3O2/c17-12-3-1-10(2-4-12)13(9-14(24)16(18,19)20)22-23-15(25)11-5-7-21-8-6-11/h1-8H,9H2,(H,23,25). The van der Waals surface area contributed by atoms with Gasteiger partial charge >= 0.3 is 6.18 Å². The Hall–Kier alpha value is -3.10. The molecule has 0 atom stereocenters. The first-order chi connectivity index (χ1) is 11.8. The van der Waals surface area contributed by atoms with Crippen molar-refractivity contribution in [2.45, 2.75) is 12.6 Å². The van der Waals surface area contributed by atoms with Crippen molar-refractivity contribution < 1.29 is 27.2 Å². The summed E-state index contributed by atoms with van der Waals surface area (Å²) in [6.07, 6.45) is -3.43. The van der Waals surface area contributed by atoms with Crippen molar-refractivity contribution in [1.29, 1.82) is 0 Å². The lowest BCUT2D eigenvalue weighted by Crippen LogP contribution is -2.27. The maximum absolute atomic E-state index is 13.0. The van der Waals surface area contributed by atoms with Gasteiger partial charge in [0.25, 0.3) is 5.91 Å². The predicted octanol–water partition coefficient (Wildman–Crippen LogP) is 2.88. The molecule has 130 valence electrons. The quantitative estimate of drug-likeness (QED) is 0.510. The zero-order chi connectivity index (χ0) is 18.4. The molecule has 0 saturated carbocycles. The molecule has 1 aromatic heterocycles. The number of nitrogens with one attached hydrogen (secondary N) is 1. The van der Waals surface area contributed by atoms with Gasteiger partial charge in [-0.05, 0) is 29.8 Å². The maximum atomic E-state index is 13.0. The Morgan fingerprint density at radius 2 is 1.60 bits per heavy atom. The number of nitrogens with zero attached hydrogens (tertiary/aromatic N) is 2. The van der Waals surface area contributed by atoms with Crippen molar-refractivity contribution in [3.05, 3.63) is 65.7 Å². The van der Waals surface area contributed by atoms with Crippen molar-refractivity contribution in [3.63, 3.8) is 0 Å². The molecule has 0 aliphatic heterocycles. The molecule has 5 nitrogen and oxygen atoms in total. The summed E-state index contributed by atoms with van der Waals surface area (Å²) in [5, 5.41) is 3.61. The van der Waals surface area contributed by atoms with Gasteiger partial charge in [0.2, 0.25) is 5.78 Å². The van der Waals surface area contributed by atoms with Crippen LogP contribution < -0.4 is 5.43 Å². The van der Waals surface area contributed by atoms with Crippen molar-refractivity contribution >= 4 is 17.4 Å². The van der Waals surface area contributed by atoms with Gasteiger partial charge in [0, 0.05) is 18.0 Å². The molecule has 0 aliphatic rings. The highest BCUT2D eigenvalue weighted by atomic mass is 19.4. The summed E-state index contributed by atoms with van der Waals surface area (Å²) in [4.78, 5) is 26.9. The van der Waals surface area contributed by atoms with Crippen molar-refractivity contribution in [2.75, 3.05) is 0 Å². The lowest BCUT2D eigenvalue weighted by Gasteiger charge is -2.09. The van der Waals surface area contributed by atoms with E-state index in [0.717, 1.165) is 24.3 Å². The van der Waals surface area contributed by atoms with Crippen molar-refractivity contribution in [2.24, 2.45) is 5.10 Å². The fraction of sp³-hybridized carbons (Fsp3) is 0.125. The van der Waals surface area contributed by atoms with Crippen LogP contribution in [0.15, 0.2) is 53.9 Å². The number of ketones is 1. The van der Waals surface area contributed by atoms with Crippen LogP contribution >= 0.6 is 0 Å². The van der Waals surface area contributed by atoms with Crippen molar-refractivity contribution in [3.8, 4) is 0 Å². The highest BCUT2D eigenvalue weighted by Crippen LogP contribution is 2.19. The number of hydrazone groups is 1. The van der Waals surface area contributed by atoms with Gasteiger partial charge in [0.1, 0.15) is 5.82 Å². The van der Waals surface area contributed by atoms with Crippen LogP contribution in [0.25, 0.3) is 0 Å². The summed E-state index contributed by atoms with van der Waals surface area (Å²) in [5.74, 6) is -3.33. The molecule has 0 spiro atoms. The molecule has 9 heteroatoms. The van der Waals surface area contributed by atoms with Crippen LogP contribution in [0.5, 0.6) is 0 Å². The van der Waals surface area contributed by atoms with E-state index in [1.807, 2.05) is 0 Å². The molecule has 0 bridgehead atoms. The summed E-state index contributed by atoms with van der Waals surface area (Å²) in [5.41, 5.74) is 1.99. The Balaban J connectivity index is 2.25. The van der Waals surface area contributed by atoms with Crippen LogP contribution in [0.2, 0.25) is 0 Å². The van der Waals surface area contributed by atoms with Crippen LogP contribution in [-0.4, -0.2) is 28.6 Å². The van der Waals surface area contributed by atoms with E-state index in [-0.39, 0.29) is 16.8 Å². The zero-order valence-electron chi connectivity index (χ0n) is 12.5. The molecule has 0 unspecified atom stereocenters. The fourth-order valence-electron chi connectivity index (χ4n) is 1.79. The van der Waals surface area contributed by atoms with Crippen LogP contribution in [0.1, 0.15) is 22.3 Å². The molecule has 1 N–H and O–H groups in total. The number of alkyl halides is 3. The monoisotopic (exact) mass is 353 g/mol. The highest BCUT2D eigenvalue weighted by molar-refractivity contribution is 6.12. The van der Waals surface area contributed by atoms with Crippen molar-refractivity contribution in [1.82, 2.24) is 10.4 Å². The second kappa shape index (κ2) is 7.65. The third-order valence-corrected chi connectivity index (χ3v) is 3.06. The molecular formula is C16H11F4N3O2. The summed E-state index contributed by atoms with van der Waals surface area (Å²) in [7, 11) is 0. The average molecular weight is 353 g/mol. The number of carbonyl (C=O) groups is 2. The molecular weight excluding hydrogens is 342 g/mol. The molecule has 1 aromatic carbocycles. The topological polar surface area (TPSA) is 71.4 Å². The van der Waals surface area contributed by atoms with Gasteiger partial charge in [-0.25, -0.2) is 9.82 Å². The molecule has 0 saturated heterocycles. The smallest absolute Gasteiger partial charge is 0.289 e. The van der Waals surface area contributed by atoms with Gasteiger partial charge in [-0.2, -0.15) is 18.3 Å². The molecule has 2 aromatic rings. The van der Waals surface area contributed by atoms with Crippen LogP contribution in [0, 0.1) is 5.82 Å². The maximum Gasteiger partial charge on any atom is 0.450 e. The minimum Gasteiger partial charge on any atom is -0.289 e. The second-order valence-electron chi connectivity index (χ2n) is 4.84. The number of halogens is 4. The fourth-order valence-corrected chi connectivity index (χ4v) is 1.79. The van der Waals surface area contributed by atoms with E-state index in [9.17, 15) is 27.2 Å². The van der Waals surface area contributed by atoms with E-state index >= 15 is 0 Å². The normalized spacial score (nSPS) is 11.9. The van der Waals surface area contributed by atoms with E-state index in [1.165, 1.54) is 24.5 Å². The molecule has 25 heavy (non-hydrogen) atoms. The van der Waals surface area contributed by atoms with E-state index < -0.39 is 30.1 Å². The molecule has 1 amide bonds. The van der Waals surface area contributed by atoms with Gasteiger partial charge in [-0.15, -0.1) is 0 Å². The summed E-state index contributed by atoms with van der Waals surface area (Å²) in [6.45, 7) is 0. The molecule has 0 radical (unpaired) electrons. The van der Waals surface area contributed by atoms with E-state index in [0.29, 0.717) is 0 Å². The van der Waals surface area contributed by atoms with Gasteiger partial charge in [0.05, 0.1) is 12.1 Å². The molecule has 0 aliphatic carbocycles.